The fourth-order valence-electron chi connectivity index (χ4n) is 2.00. The van der Waals surface area contributed by atoms with Gasteiger partial charge in [-0.05, 0) is 24.3 Å². The molecule has 1 atom stereocenters. The van der Waals surface area contributed by atoms with E-state index in [-0.39, 0.29) is 11.9 Å². The Kier molecular flexibility index (Phi) is 6.20. The van der Waals surface area contributed by atoms with Crippen molar-refractivity contribution in [2.75, 3.05) is 6.26 Å². The monoisotopic (exact) mass is 321 g/mol. The number of carbonyl (C=O) groups is 1. The van der Waals surface area contributed by atoms with Gasteiger partial charge in [-0.15, -0.1) is 11.3 Å². The fraction of sp³-hybridized carbons (Fsp3) is 0.400. The number of hydrogen-bond acceptors (Lipinski definition) is 5. The summed E-state index contributed by atoms with van der Waals surface area (Å²) in [5, 5.41) is 4.88. The van der Waals surface area contributed by atoms with E-state index in [1.165, 1.54) is 11.3 Å². The number of rotatable bonds is 7. The number of unbranched alkanes of at least 4 members (excludes halogenated alkanes) is 1. The van der Waals surface area contributed by atoms with Gasteiger partial charge in [0.2, 0.25) is 0 Å². The Balaban J connectivity index is 2.09. The van der Waals surface area contributed by atoms with Gasteiger partial charge in [-0.25, -0.2) is 4.98 Å². The first-order valence-corrected chi connectivity index (χ1v) is 9.05. The van der Waals surface area contributed by atoms with Crippen molar-refractivity contribution in [1.82, 2.24) is 15.3 Å². The van der Waals surface area contributed by atoms with Gasteiger partial charge in [0.15, 0.2) is 0 Å². The molecule has 2 aromatic heterocycles. The predicted octanol–water partition coefficient (Wildman–Crippen LogP) is 3.92. The van der Waals surface area contributed by atoms with Crippen LogP contribution in [0.15, 0.2) is 34.2 Å². The summed E-state index contributed by atoms with van der Waals surface area (Å²) in [4.78, 5) is 20.8. The molecule has 2 heterocycles. The van der Waals surface area contributed by atoms with Crippen LogP contribution >= 0.6 is 23.1 Å². The third kappa shape index (κ3) is 4.54. The van der Waals surface area contributed by atoms with E-state index in [9.17, 15) is 4.79 Å². The van der Waals surface area contributed by atoms with E-state index in [4.69, 9.17) is 0 Å². The van der Waals surface area contributed by atoms with Gasteiger partial charge in [0.05, 0.1) is 6.04 Å². The van der Waals surface area contributed by atoms with Crippen LogP contribution in [0.5, 0.6) is 0 Å². The number of thiazole rings is 1. The van der Waals surface area contributed by atoms with Crippen molar-refractivity contribution in [2.45, 2.75) is 36.6 Å². The molecule has 21 heavy (non-hydrogen) atoms. The zero-order valence-electron chi connectivity index (χ0n) is 12.2. The molecule has 0 saturated carbocycles. The standard InChI is InChI=1S/C15H19N3OS2/c1-3-4-7-12(11-6-5-8-16-9-11)17-14(19)13-10-21-15(18-13)20-2/h5-6,8-10,12H,3-4,7H2,1-2H3,(H,17,19). The van der Waals surface area contributed by atoms with Gasteiger partial charge >= 0.3 is 0 Å². The quantitative estimate of drug-likeness (QED) is 0.785. The smallest absolute Gasteiger partial charge is 0.271 e. The summed E-state index contributed by atoms with van der Waals surface area (Å²) < 4.78 is 0.909. The molecule has 1 N–H and O–H groups in total. The predicted molar refractivity (Wildman–Crippen MR) is 87.9 cm³/mol. The molecule has 1 unspecified atom stereocenters. The summed E-state index contributed by atoms with van der Waals surface area (Å²) in [6, 6.07) is 3.89. The maximum atomic E-state index is 12.3. The number of amides is 1. The molecule has 0 aliphatic rings. The molecule has 0 aliphatic heterocycles. The molecule has 2 rings (SSSR count). The third-order valence-corrected chi connectivity index (χ3v) is 4.99. The summed E-state index contributed by atoms with van der Waals surface area (Å²) >= 11 is 3.05. The molecular formula is C15H19N3OS2. The first-order chi connectivity index (χ1) is 10.2. The van der Waals surface area contributed by atoms with E-state index >= 15 is 0 Å². The van der Waals surface area contributed by atoms with E-state index in [0.29, 0.717) is 5.69 Å². The van der Waals surface area contributed by atoms with E-state index in [2.05, 4.69) is 22.2 Å². The molecular weight excluding hydrogens is 302 g/mol. The summed E-state index contributed by atoms with van der Waals surface area (Å²) in [6.07, 6.45) is 8.59. The highest BCUT2D eigenvalue weighted by atomic mass is 32.2. The molecule has 0 spiro atoms. The van der Waals surface area contributed by atoms with Crippen LogP contribution in [0.4, 0.5) is 0 Å². The van der Waals surface area contributed by atoms with E-state index < -0.39 is 0 Å². The van der Waals surface area contributed by atoms with E-state index in [0.717, 1.165) is 29.2 Å². The minimum absolute atomic E-state index is 0.00872. The highest BCUT2D eigenvalue weighted by molar-refractivity contribution is 8.00. The molecule has 1 amide bonds. The Morgan fingerprint density at radius 1 is 1.52 bits per heavy atom. The first-order valence-electron chi connectivity index (χ1n) is 6.95. The summed E-state index contributed by atoms with van der Waals surface area (Å²) in [6.45, 7) is 2.15. The SMILES string of the molecule is CCCCC(NC(=O)c1csc(SC)n1)c1cccnc1. The van der Waals surface area contributed by atoms with Crippen LogP contribution in [0.1, 0.15) is 48.3 Å². The lowest BCUT2D eigenvalue weighted by molar-refractivity contribution is 0.0929. The van der Waals surface area contributed by atoms with Crippen LogP contribution in [0, 0.1) is 0 Å². The number of nitrogens with zero attached hydrogens (tertiary/aromatic N) is 2. The van der Waals surface area contributed by atoms with Gasteiger partial charge in [-0.3, -0.25) is 9.78 Å². The van der Waals surface area contributed by atoms with Crippen molar-refractivity contribution in [1.29, 1.82) is 0 Å². The number of pyridine rings is 1. The zero-order valence-corrected chi connectivity index (χ0v) is 13.8. The normalized spacial score (nSPS) is 12.1. The molecule has 0 bridgehead atoms. The number of hydrogen-bond donors (Lipinski definition) is 1. The minimum Gasteiger partial charge on any atom is -0.344 e. The van der Waals surface area contributed by atoms with Crippen LogP contribution in [0.25, 0.3) is 0 Å². The van der Waals surface area contributed by atoms with Crippen LogP contribution in [0.2, 0.25) is 0 Å². The third-order valence-electron chi connectivity index (χ3n) is 3.13. The maximum absolute atomic E-state index is 12.3. The molecule has 0 radical (unpaired) electrons. The Labute approximate surface area is 133 Å². The average Bonchev–Trinajstić information content (AvgIpc) is 3.01. The van der Waals surface area contributed by atoms with E-state index in [1.807, 2.05) is 24.6 Å². The Morgan fingerprint density at radius 2 is 2.38 bits per heavy atom. The lowest BCUT2D eigenvalue weighted by atomic mass is 10.0. The van der Waals surface area contributed by atoms with Crippen LogP contribution < -0.4 is 5.32 Å². The van der Waals surface area contributed by atoms with E-state index in [1.54, 1.807) is 23.3 Å². The molecule has 4 nitrogen and oxygen atoms in total. The largest absolute Gasteiger partial charge is 0.344 e. The van der Waals surface area contributed by atoms with Crippen LogP contribution in [-0.2, 0) is 0 Å². The highest BCUT2D eigenvalue weighted by Gasteiger charge is 2.17. The van der Waals surface area contributed by atoms with Crippen molar-refractivity contribution < 1.29 is 4.79 Å². The topological polar surface area (TPSA) is 54.9 Å². The molecule has 0 fully saturated rings. The summed E-state index contributed by atoms with van der Waals surface area (Å²) in [5.41, 5.74) is 1.54. The molecule has 2 aromatic rings. The van der Waals surface area contributed by atoms with Gasteiger partial charge in [0.1, 0.15) is 10.0 Å². The van der Waals surface area contributed by atoms with Gasteiger partial charge < -0.3 is 5.32 Å². The first kappa shape index (κ1) is 16.0. The lowest BCUT2D eigenvalue weighted by Gasteiger charge is -2.18. The molecule has 0 aliphatic carbocycles. The van der Waals surface area contributed by atoms with Crippen molar-refractivity contribution in [2.24, 2.45) is 0 Å². The van der Waals surface area contributed by atoms with Crippen molar-refractivity contribution >= 4 is 29.0 Å². The molecule has 6 heteroatoms. The van der Waals surface area contributed by atoms with Crippen molar-refractivity contribution in [3.63, 3.8) is 0 Å². The zero-order chi connectivity index (χ0) is 15.1. The van der Waals surface area contributed by atoms with Gasteiger partial charge in [0.25, 0.3) is 5.91 Å². The Bertz CT molecular complexity index is 571. The van der Waals surface area contributed by atoms with Crippen molar-refractivity contribution in [3.8, 4) is 0 Å². The number of thioether (sulfide) groups is 1. The van der Waals surface area contributed by atoms with Gasteiger partial charge in [-0.1, -0.05) is 37.6 Å². The average molecular weight is 321 g/mol. The van der Waals surface area contributed by atoms with Crippen LogP contribution in [-0.4, -0.2) is 22.1 Å². The maximum Gasteiger partial charge on any atom is 0.271 e. The molecule has 112 valence electrons. The second-order valence-corrected chi connectivity index (χ2v) is 6.57. The Hall–Kier alpha value is -1.40. The number of nitrogens with one attached hydrogen (secondary N) is 1. The summed E-state index contributed by atoms with van der Waals surface area (Å²) in [5.74, 6) is -0.114. The van der Waals surface area contributed by atoms with Gasteiger partial charge in [-0.2, -0.15) is 0 Å². The second-order valence-electron chi connectivity index (χ2n) is 4.66. The van der Waals surface area contributed by atoms with Gasteiger partial charge in [0, 0.05) is 17.8 Å². The molecule has 0 saturated heterocycles. The minimum atomic E-state index is -0.114. The lowest BCUT2D eigenvalue weighted by Crippen LogP contribution is -2.28. The van der Waals surface area contributed by atoms with Crippen LogP contribution in [0.3, 0.4) is 0 Å². The number of aromatic nitrogens is 2. The number of carbonyl (C=O) groups excluding carboxylic acids is 1. The highest BCUT2D eigenvalue weighted by Crippen LogP contribution is 2.22. The Morgan fingerprint density at radius 3 is 3.00 bits per heavy atom. The summed E-state index contributed by atoms with van der Waals surface area (Å²) in [7, 11) is 0. The fourth-order valence-corrected chi connectivity index (χ4v) is 3.24. The second kappa shape index (κ2) is 8.14. The molecule has 0 aromatic carbocycles. The van der Waals surface area contributed by atoms with Crippen molar-refractivity contribution in [3.05, 3.63) is 41.2 Å².